The zero-order valence-corrected chi connectivity index (χ0v) is 13.0. The SMILES string of the molecule is O=C(NCc1ccc(OC(F)(F)F)cc1)c1cnc2c(c1)NCCN2. The summed E-state index contributed by atoms with van der Waals surface area (Å²) < 4.78 is 40.1. The average molecular weight is 352 g/mol. The fourth-order valence-corrected chi connectivity index (χ4v) is 2.34. The Labute approximate surface area is 141 Å². The highest BCUT2D eigenvalue weighted by molar-refractivity contribution is 5.95. The largest absolute Gasteiger partial charge is 0.573 e. The molecule has 1 aliphatic rings. The maximum absolute atomic E-state index is 12.2. The van der Waals surface area contributed by atoms with E-state index in [1.807, 2.05) is 0 Å². The molecule has 6 nitrogen and oxygen atoms in total. The van der Waals surface area contributed by atoms with Crippen LogP contribution >= 0.6 is 0 Å². The van der Waals surface area contributed by atoms with Gasteiger partial charge in [-0.2, -0.15) is 0 Å². The predicted molar refractivity (Wildman–Crippen MR) is 85.5 cm³/mol. The number of fused-ring (bicyclic) bond motifs is 1. The van der Waals surface area contributed by atoms with Gasteiger partial charge in [-0.15, -0.1) is 13.2 Å². The molecule has 0 radical (unpaired) electrons. The topological polar surface area (TPSA) is 75.3 Å². The molecule has 3 rings (SSSR count). The van der Waals surface area contributed by atoms with Gasteiger partial charge in [-0.05, 0) is 23.8 Å². The van der Waals surface area contributed by atoms with E-state index in [4.69, 9.17) is 0 Å². The van der Waals surface area contributed by atoms with Crippen molar-refractivity contribution < 1.29 is 22.7 Å². The van der Waals surface area contributed by atoms with Crippen molar-refractivity contribution in [2.24, 2.45) is 0 Å². The summed E-state index contributed by atoms with van der Waals surface area (Å²) >= 11 is 0. The molecule has 1 aromatic heterocycles. The highest BCUT2D eigenvalue weighted by Gasteiger charge is 2.30. The van der Waals surface area contributed by atoms with E-state index in [-0.39, 0.29) is 18.2 Å². The zero-order chi connectivity index (χ0) is 17.9. The second kappa shape index (κ2) is 6.88. The lowest BCUT2D eigenvalue weighted by Gasteiger charge is -2.19. The second-order valence-electron chi connectivity index (χ2n) is 5.35. The molecule has 0 saturated carbocycles. The fourth-order valence-electron chi connectivity index (χ4n) is 2.34. The van der Waals surface area contributed by atoms with Gasteiger partial charge in [0.2, 0.25) is 0 Å². The van der Waals surface area contributed by atoms with E-state index in [2.05, 4.69) is 25.7 Å². The van der Waals surface area contributed by atoms with Gasteiger partial charge in [0, 0.05) is 25.8 Å². The number of ether oxygens (including phenoxy) is 1. The summed E-state index contributed by atoms with van der Waals surface area (Å²) in [7, 11) is 0. The predicted octanol–water partition coefficient (Wildman–Crippen LogP) is 2.75. The molecule has 0 bridgehead atoms. The lowest BCUT2D eigenvalue weighted by atomic mass is 10.2. The molecule has 1 amide bonds. The Kier molecular flexibility index (Phi) is 4.64. The maximum Gasteiger partial charge on any atom is 0.573 e. The van der Waals surface area contributed by atoms with Gasteiger partial charge in [0.15, 0.2) is 0 Å². The number of benzene rings is 1. The van der Waals surface area contributed by atoms with E-state index in [0.29, 0.717) is 16.9 Å². The molecule has 132 valence electrons. The number of aromatic nitrogens is 1. The first-order chi connectivity index (χ1) is 11.9. The van der Waals surface area contributed by atoms with Crippen molar-refractivity contribution in [3.05, 3.63) is 47.7 Å². The summed E-state index contributed by atoms with van der Waals surface area (Å²) in [5, 5.41) is 8.96. The van der Waals surface area contributed by atoms with E-state index in [0.717, 1.165) is 18.8 Å². The molecular weight excluding hydrogens is 337 g/mol. The van der Waals surface area contributed by atoms with E-state index >= 15 is 0 Å². The molecule has 0 atom stereocenters. The summed E-state index contributed by atoms with van der Waals surface area (Å²) in [6.45, 7) is 1.68. The number of carbonyl (C=O) groups is 1. The molecule has 9 heteroatoms. The van der Waals surface area contributed by atoms with Crippen LogP contribution in [0.25, 0.3) is 0 Å². The first-order valence-corrected chi connectivity index (χ1v) is 7.51. The number of alkyl halides is 3. The van der Waals surface area contributed by atoms with Crippen LogP contribution in [0.5, 0.6) is 5.75 Å². The van der Waals surface area contributed by atoms with Crippen molar-refractivity contribution >= 4 is 17.4 Å². The van der Waals surface area contributed by atoms with Crippen LogP contribution < -0.4 is 20.7 Å². The number of nitrogens with zero attached hydrogens (tertiary/aromatic N) is 1. The van der Waals surface area contributed by atoms with Crippen LogP contribution in [-0.2, 0) is 6.54 Å². The van der Waals surface area contributed by atoms with Crippen LogP contribution in [-0.4, -0.2) is 30.3 Å². The molecular formula is C16H15F3N4O2. The minimum atomic E-state index is -4.72. The molecule has 25 heavy (non-hydrogen) atoms. The number of halogens is 3. The maximum atomic E-state index is 12.2. The van der Waals surface area contributed by atoms with Gasteiger partial charge in [0.1, 0.15) is 11.6 Å². The number of nitrogens with one attached hydrogen (secondary N) is 3. The number of hydrogen-bond donors (Lipinski definition) is 3. The second-order valence-corrected chi connectivity index (χ2v) is 5.35. The molecule has 0 unspecified atom stereocenters. The lowest BCUT2D eigenvalue weighted by molar-refractivity contribution is -0.274. The van der Waals surface area contributed by atoms with Crippen LogP contribution in [0.3, 0.4) is 0 Å². The number of pyridine rings is 1. The van der Waals surface area contributed by atoms with Crippen molar-refractivity contribution in [3.8, 4) is 5.75 Å². The van der Waals surface area contributed by atoms with Gasteiger partial charge in [-0.25, -0.2) is 4.98 Å². The normalized spacial score (nSPS) is 13.2. The minimum Gasteiger partial charge on any atom is -0.406 e. The Morgan fingerprint density at radius 1 is 1.20 bits per heavy atom. The van der Waals surface area contributed by atoms with Gasteiger partial charge in [0.25, 0.3) is 5.91 Å². The molecule has 0 saturated heterocycles. The summed E-state index contributed by atoms with van der Waals surface area (Å²) in [5.41, 5.74) is 1.80. The van der Waals surface area contributed by atoms with E-state index in [1.165, 1.54) is 30.5 Å². The average Bonchev–Trinajstić information content (AvgIpc) is 2.59. The Balaban J connectivity index is 1.59. The standard InChI is InChI=1S/C16H15F3N4O2/c17-16(18,19)25-12-3-1-10(2-4-12)8-23-15(24)11-7-13-14(22-9-11)21-6-5-20-13/h1-4,7,9,20H,5-6,8H2,(H,21,22)(H,23,24). The summed E-state index contributed by atoms with van der Waals surface area (Å²) in [6, 6.07) is 7.01. The molecule has 3 N–H and O–H groups in total. The Morgan fingerprint density at radius 3 is 2.64 bits per heavy atom. The van der Waals surface area contributed by atoms with Crippen LogP contribution in [0.2, 0.25) is 0 Å². The van der Waals surface area contributed by atoms with Crippen molar-refractivity contribution in [2.75, 3.05) is 23.7 Å². The first kappa shape index (κ1) is 16.9. The van der Waals surface area contributed by atoms with Crippen molar-refractivity contribution in [1.82, 2.24) is 10.3 Å². The van der Waals surface area contributed by atoms with Crippen molar-refractivity contribution in [1.29, 1.82) is 0 Å². The van der Waals surface area contributed by atoms with E-state index in [1.54, 1.807) is 6.07 Å². The Hall–Kier alpha value is -2.97. The third-order valence-electron chi connectivity index (χ3n) is 3.49. The van der Waals surface area contributed by atoms with Gasteiger partial charge >= 0.3 is 6.36 Å². The number of hydrogen-bond acceptors (Lipinski definition) is 5. The third kappa shape index (κ3) is 4.52. The number of amides is 1. The summed E-state index contributed by atoms with van der Waals surface area (Å²) in [4.78, 5) is 16.4. The van der Waals surface area contributed by atoms with Crippen LogP contribution in [0, 0.1) is 0 Å². The number of rotatable bonds is 4. The van der Waals surface area contributed by atoms with Gasteiger partial charge in [-0.1, -0.05) is 12.1 Å². The molecule has 2 heterocycles. The molecule has 0 aliphatic carbocycles. The number of anilines is 2. The van der Waals surface area contributed by atoms with Crippen LogP contribution in [0.1, 0.15) is 15.9 Å². The Morgan fingerprint density at radius 2 is 1.92 bits per heavy atom. The third-order valence-corrected chi connectivity index (χ3v) is 3.49. The number of carbonyl (C=O) groups excluding carboxylic acids is 1. The van der Waals surface area contributed by atoms with Crippen LogP contribution in [0.4, 0.5) is 24.7 Å². The van der Waals surface area contributed by atoms with Crippen molar-refractivity contribution in [2.45, 2.75) is 12.9 Å². The molecule has 0 spiro atoms. The van der Waals surface area contributed by atoms with Gasteiger partial charge in [-0.3, -0.25) is 4.79 Å². The first-order valence-electron chi connectivity index (χ1n) is 7.51. The van der Waals surface area contributed by atoms with Crippen molar-refractivity contribution in [3.63, 3.8) is 0 Å². The van der Waals surface area contributed by atoms with Gasteiger partial charge in [0.05, 0.1) is 11.3 Å². The van der Waals surface area contributed by atoms with Crippen LogP contribution in [0.15, 0.2) is 36.5 Å². The highest BCUT2D eigenvalue weighted by Crippen LogP contribution is 2.23. The van der Waals surface area contributed by atoms with E-state index in [9.17, 15) is 18.0 Å². The summed E-state index contributed by atoms with van der Waals surface area (Å²) in [6.07, 6.45) is -3.26. The minimum absolute atomic E-state index is 0.174. The van der Waals surface area contributed by atoms with Gasteiger partial charge < -0.3 is 20.7 Å². The molecule has 2 aromatic rings. The quantitative estimate of drug-likeness (QED) is 0.789. The molecule has 0 fully saturated rings. The van der Waals surface area contributed by atoms with E-state index < -0.39 is 6.36 Å². The summed E-state index contributed by atoms with van der Waals surface area (Å²) in [5.74, 6) is 0.0707. The molecule has 1 aliphatic heterocycles. The monoisotopic (exact) mass is 352 g/mol. The zero-order valence-electron chi connectivity index (χ0n) is 13.0. The highest BCUT2D eigenvalue weighted by atomic mass is 19.4. The lowest BCUT2D eigenvalue weighted by Crippen LogP contribution is -2.25. The Bertz CT molecular complexity index is 763. The molecule has 1 aromatic carbocycles. The fraction of sp³-hybridized carbons (Fsp3) is 0.250. The smallest absolute Gasteiger partial charge is 0.406 e.